The number of nitrogens with one attached hydrogen (secondary N) is 1. The third-order valence-electron chi connectivity index (χ3n) is 3.69. The Bertz CT molecular complexity index is 1000. The molecule has 0 heterocycles. The molecule has 3 rings (SSSR count). The Balaban J connectivity index is 1.83. The predicted molar refractivity (Wildman–Crippen MR) is 93.3 cm³/mol. The zero-order chi connectivity index (χ0) is 18.7. The van der Waals surface area contributed by atoms with Crippen molar-refractivity contribution in [2.24, 2.45) is 5.10 Å². The molecule has 0 saturated heterocycles. The highest BCUT2D eigenvalue weighted by atomic mass is 19.4. The number of rotatable bonds is 4. The molecule has 0 fully saturated rings. The van der Waals surface area contributed by atoms with Crippen LogP contribution in [0, 0.1) is 10.1 Å². The topological polar surface area (TPSA) is 67.5 Å². The lowest BCUT2D eigenvalue weighted by atomic mass is 10.1. The second-order valence-electron chi connectivity index (χ2n) is 5.46. The number of hydrogen-bond donors (Lipinski definition) is 1. The molecule has 5 nitrogen and oxygen atoms in total. The first-order valence-electron chi connectivity index (χ1n) is 7.48. The van der Waals surface area contributed by atoms with Crippen molar-refractivity contribution >= 4 is 28.4 Å². The first-order valence-corrected chi connectivity index (χ1v) is 7.48. The van der Waals surface area contributed by atoms with E-state index in [0.29, 0.717) is 6.07 Å². The average molecular weight is 359 g/mol. The molecule has 0 aromatic heterocycles. The van der Waals surface area contributed by atoms with Gasteiger partial charge in [0.2, 0.25) is 0 Å². The third kappa shape index (κ3) is 3.80. The maximum atomic E-state index is 12.7. The maximum Gasteiger partial charge on any atom is 0.416 e. The van der Waals surface area contributed by atoms with Gasteiger partial charge in [-0.25, -0.2) is 0 Å². The molecule has 0 bridgehead atoms. The smallest absolute Gasteiger partial charge is 0.272 e. The van der Waals surface area contributed by atoms with E-state index >= 15 is 0 Å². The van der Waals surface area contributed by atoms with Crippen molar-refractivity contribution in [2.45, 2.75) is 6.18 Å². The molecule has 0 unspecified atom stereocenters. The molecule has 0 radical (unpaired) electrons. The summed E-state index contributed by atoms with van der Waals surface area (Å²) in [5.74, 6) is 0. The van der Waals surface area contributed by atoms with Crippen molar-refractivity contribution in [3.05, 3.63) is 81.9 Å². The Labute approximate surface area is 145 Å². The molecular weight excluding hydrogens is 347 g/mol. The van der Waals surface area contributed by atoms with E-state index in [0.717, 1.165) is 28.5 Å². The van der Waals surface area contributed by atoms with Crippen LogP contribution in [0.3, 0.4) is 0 Å². The molecule has 0 atom stereocenters. The van der Waals surface area contributed by atoms with Gasteiger partial charge in [0.25, 0.3) is 5.69 Å². The van der Waals surface area contributed by atoms with Gasteiger partial charge in [-0.05, 0) is 34.5 Å². The molecule has 26 heavy (non-hydrogen) atoms. The van der Waals surface area contributed by atoms with E-state index in [2.05, 4.69) is 10.5 Å². The Morgan fingerprint density at radius 3 is 2.42 bits per heavy atom. The van der Waals surface area contributed by atoms with Gasteiger partial charge in [-0.2, -0.15) is 18.3 Å². The van der Waals surface area contributed by atoms with Crippen molar-refractivity contribution in [2.75, 3.05) is 5.43 Å². The van der Waals surface area contributed by atoms with Crippen LogP contribution in [-0.2, 0) is 6.18 Å². The van der Waals surface area contributed by atoms with Gasteiger partial charge < -0.3 is 0 Å². The van der Waals surface area contributed by atoms with Gasteiger partial charge in [0.05, 0.1) is 16.7 Å². The van der Waals surface area contributed by atoms with Crippen LogP contribution in [0.25, 0.3) is 10.8 Å². The van der Waals surface area contributed by atoms with Gasteiger partial charge in [0.15, 0.2) is 0 Å². The molecule has 0 aliphatic rings. The van der Waals surface area contributed by atoms with Crippen molar-refractivity contribution in [3.8, 4) is 0 Å². The summed E-state index contributed by atoms with van der Waals surface area (Å²) < 4.78 is 38.1. The van der Waals surface area contributed by atoms with Gasteiger partial charge >= 0.3 is 6.18 Å². The predicted octanol–water partition coefficient (Wildman–Crippen LogP) is 5.21. The number of alkyl halides is 3. The van der Waals surface area contributed by atoms with Gasteiger partial charge in [-0.3, -0.25) is 15.5 Å². The van der Waals surface area contributed by atoms with Gasteiger partial charge in [-0.15, -0.1) is 0 Å². The first kappa shape index (κ1) is 17.4. The molecule has 3 aromatic carbocycles. The third-order valence-corrected chi connectivity index (χ3v) is 3.69. The monoisotopic (exact) mass is 359 g/mol. The van der Waals surface area contributed by atoms with Crippen molar-refractivity contribution in [3.63, 3.8) is 0 Å². The number of nitrogens with zero attached hydrogens (tertiary/aromatic N) is 2. The fourth-order valence-corrected chi connectivity index (χ4v) is 2.42. The summed E-state index contributed by atoms with van der Waals surface area (Å²) >= 11 is 0. The number of nitro groups is 1. The lowest BCUT2D eigenvalue weighted by Crippen LogP contribution is -2.06. The van der Waals surface area contributed by atoms with E-state index in [9.17, 15) is 23.3 Å². The van der Waals surface area contributed by atoms with Crippen LogP contribution in [0.4, 0.5) is 24.5 Å². The highest BCUT2D eigenvalue weighted by Gasteiger charge is 2.33. The minimum Gasteiger partial charge on any atom is -0.272 e. The summed E-state index contributed by atoms with van der Waals surface area (Å²) in [5.41, 5.74) is 1.26. The van der Waals surface area contributed by atoms with E-state index in [1.165, 1.54) is 6.21 Å². The SMILES string of the molecule is O=[N+]([O-])c1cc(C(F)(F)F)ccc1N/N=C\c1ccc2ccccc2c1. The van der Waals surface area contributed by atoms with Crippen LogP contribution >= 0.6 is 0 Å². The molecule has 0 aliphatic carbocycles. The molecule has 8 heteroatoms. The Hall–Kier alpha value is -3.42. The fourth-order valence-electron chi connectivity index (χ4n) is 2.42. The lowest BCUT2D eigenvalue weighted by molar-refractivity contribution is -0.384. The largest absolute Gasteiger partial charge is 0.416 e. The van der Waals surface area contributed by atoms with Crippen molar-refractivity contribution < 1.29 is 18.1 Å². The maximum absolute atomic E-state index is 12.7. The summed E-state index contributed by atoms with van der Waals surface area (Å²) in [4.78, 5) is 10.1. The van der Waals surface area contributed by atoms with Gasteiger partial charge in [0.1, 0.15) is 5.69 Å². The summed E-state index contributed by atoms with van der Waals surface area (Å²) in [6, 6.07) is 15.5. The van der Waals surface area contributed by atoms with Gasteiger partial charge in [0, 0.05) is 6.07 Å². The number of hydrazone groups is 1. The highest BCUT2D eigenvalue weighted by molar-refractivity contribution is 5.90. The quantitative estimate of drug-likeness (QED) is 0.395. The molecule has 1 N–H and O–H groups in total. The van der Waals surface area contributed by atoms with E-state index in [1.54, 1.807) is 0 Å². The van der Waals surface area contributed by atoms with E-state index in [1.807, 2.05) is 42.5 Å². The van der Waals surface area contributed by atoms with E-state index < -0.39 is 22.4 Å². The van der Waals surface area contributed by atoms with Crippen LogP contribution in [0.2, 0.25) is 0 Å². The molecular formula is C18H12F3N3O2. The minimum absolute atomic E-state index is 0.125. The molecule has 132 valence electrons. The van der Waals surface area contributed by atoms with Crippen LogP contribution in [0.1, 0.15) is 11.1 Å². The van der Waals surface area contributed by atoms with Crippen LogP contribution in [-0.4, -0.2) is 11.1 Å². The normalized spacial score (nSPS) is 11.8. The molecule has 0 amide bonds. The van der Waals surface area contributed by atoms with Crippen LogP contribution < -0.4 is 5.43 Å². The van der Waals surface area contributed by atoms with E-state index in [-0.39, 0.29) is 5.69 Å². The molecule has 0 spiro atoms. The summed E-state index contributed by atoms with van der Waals surface area (Å²) in [5, 5.41) is 17.0. The average Bonchev–Trinajstić information content (AvgIpc) is 2.60. The molecule has 0 saturated carbocycles. The number of halogens is 3. The van der Waals surface area contributed by atoms with Gasteiger partial charge in [-0.1, -0.05) is 36.4 Å². The summed E-state index contributed by atoms with van der Waals surface area (Å²) in [6.45, 7) is 0. The summed E-state index contributed by atoms with van der Waals surface area (Å²) in [7, 11) is 0. The first-order chi connectivity index (χ1) is 12.3. The summed E-state index contributed by atoms with van der Waals surface area (Å²) in [6.07, 6.45) is -3.22. The lowest BCUT2D eigenvalue weighted by Gasteiger charge is -2.08. The Kier molecular flexibility index (Phi) is 4.57. The number of benzene rings is 3. The van der Waals surface area contributed by atoms with Crippen LogP contribution in [0.15, 0.2) is 65.8 Å². The second kappa shape index (κ2) is 6.83. The second-order valence-corrected chi connectivity index (χ2v) is 5.46. The number of anilines is 1. The number of fused-ring (bicyclic) bond motifs is 1. The number of hydrogen-bond acceptors (Lipinski definition) is 4. The van der Waals surface area contributed by atoms with Crippen molar-refractivity contribution in [1.29, 1.82) is 0 Å². The molecule has 3 aromatic rings. The van der Waals surface area contributed by atoms with Crippen LogP contribution in [0.5, 0.6) is 0 Å². The van der Waals surface area contributed by atoms with Crippen molar-refractivity contribution in [1.82, 2.24) is 0 Å². The zero-order valence-corrected chi connectivity index (χ0v) is 13.2. The molecule has 0 aliphatic heterocycles. The Morgan fingerprint density at radius 2 is 1.73 bits per heavy atom. The fraction of sp³-hybridized carbons (Fsp3) is 0.0556. The number of nitro benzene ring substituents is 1. The minimum atomic E-state index is -4.66. The zero-order valence-electron chi connectivity index (χ0n) is 13.2. The Morgan fingerprint density at radius 1 is 1.00 bits per heavy atom. The standard InChI is InChI=1S/C18H12F3N3O2/c19-18(20,21)15-7-8-16(17(10-15)24(25)26)23-22-11-12-5-6-13-3-1-2-4-14(13)9-12/h1-11,23H/b22-11-. The van der Waals surface area contributed by atoms with E-state index in [4.69, 9.17) is 0 Å². The highest BCUT2D eigenvalue weighted by Crippen LogP contribution is 2.34.